The molecule has 4 rings (SSSR count). The van der Waals surface area contributed by atoms with Crippen molar-refractivity contribution < 1.29 is 0 Å². The fourth-order valence-corrected chi connectivity index (χ4v) is 4.55. The molecule has 2 heterocycles. The van der Waals surface area contributed by atoms with Gasteiger partial charge in [-0.3, -0.25) is 4.99 Å². The molecular formula is C21H33ClIN5. The lowest BCUT2D eigenvalue weighted by molar-refractivity contribution is 0.315. The van der Waals surface area contributed by atoms with E-state index in [1.165, 1.54) is 32.4 Å². The summed E-state index contributed by atoms with van der Waals surface area (Å²) in [6.45, 7) is 10.5. The highest BCUT2D eigenvalue weighted by molar-refractivity contribution is 14.0. The van der Waals surface area contributed by atoms with Gasteiger partial charge in [-0.1, -0.05) is 23.7 Å². The summed E-state index contributed by atoms with van der Waals surface area (Å²) in [5, 5.41) is 4.35. The van der Waals surface area contributed by atoms with Crippen molar-refractivity contribution in [3.8, 4) is 0 Å². The monoisotopic (exact) mass is 517 g/mol. The van der Waals surface area contributed by atoms with E-state index in [1.54, 1.807) is 0 Å². The maximum atomic E-state index is 6.37. The fourth-order valence-electron chi connectivity index (χ4n) is 4.29. The van der Waals surface area contributed by atoms with E-state index in [2.05, 4.69) is 39.1 Å². The van der Waals surface area contributed by atoms with Crippen molar-refractivity contribution in [1.82, 2.24) is 15.1 Å². The number of nitrogens with one attached hydrogen (secondary N) is 1. The van der Waals surface area contributed by atoms with Crippen molar-refractivity contribution in [3.63, 3.8) is 0 Å². The van der Waals surface area contributed by atoms with Gasteiger partial charge in [0.05, 0.1) is 10.7 Å². The van der Waals surface area contributed by atoms with Gasteiger partial charge in [0.1, 0.15) is 0 Å². The normalized spacial score (nSPS) is 23.6. The van der Waals surface area contributed by atoms with Crippen LogP contribution < -0.4 is 10.2 Å². The minimum atomic E-state index is 0. The zero-order valence-corrected chi connectivity index (χ0v) is 19.9. The van der Waals surface area contributed by atoms with Crippen LogP contribution in [0.2, 0.25) is 5.02 Å². The molecule has 1 aliphatic carbocycles. The third kappa shape index (κ3) is 5.45. The van der Waals surface area contributed by atoms with E-state index >= 15 is 0 Å². The molecule has 3 aliphatic rings. The zero-order valence-electron chi connectivity index (χ0n) is 16.8. The number of guanidine groups is 1. The first kappa shape index (κ1) is 22.0. The highest BCUT2D eigenvalue weighted by Crippen LogP contribution is 2.31. The van der Waals surface area contributed by atoms with Gasteiger partial charge < -0.3 is 20.0 Å². The van der Waals surface area contributed by atoms with Crippen LogP contribution in [0, 0.1) is 5.92 Å². The highest BCUT2D eigenvalue weighted by Gasteiger charge is 2.34. The third-order valence-electron chi connectivity index (χ3n) is 5.99. The number of hydrogen-bond acceptors (Lipinski definition) is 3. The Morgan fingerprint density at radius 3 is 2.54 bits per heavy atom. The molecule has 0 spiro atoms. The molecule has 1 unspecified atom stereocenters. The van der Waals surface area contributed by atoms with Crippen LogP contribution in [-0.2, 0) is 0 Å². The van der Waals surface area contributed by atoms with Crippen molar-refractivity contribution in [3.05, 3.63) is 29.3 Å². The van der Waals surface area contributed by atoms with Gasteiger partial charge in [-0.2, -0.15) is 0 Å². The van der Waals surface area contributed by atoms with Gasteiger partial charge >= 0.3 is 0 Å². The second-order valence-electron chi connectivity index (χ2n) is 8.00. The van der Waals surface area contributed by atoms with Crippen molar-refractivity contribution in [2.45, 2.75) is 32.2 Å². The van der Waals surface area contributed by atoms with Crippen LogP contribution in [0.25, 0.3) is 0 Å². The molecule has 0 bridgehead atoms. The van der Waals surface area contributed by atoms with Crippen molar-refractivity contribution in [2.75, 3.05) is 57.3 Å². The number of rotatable bonds is 5. The molecule has 2 saturated heterocycles. The van der Waals surface area contributed by atoms with Gasteiger partial charge in [0.15, 0.2) is 5.96 Å². The van der Waals surface area contributed by atoms with Crippen LogP contribution in [0.15, 0.2) is 29.3 Å². The molecule has 0 amide bonds. The predicted molar refractivity (Wildman–Crippen MR) is 129 cm³/mol. The highest BCUT2D eigenvalue weighted by atomic mass is 127. The number of anilines is 1. The molecule has 1 saturated carbocycles. The summed E-state index contributed by atoms with van der Waals surface area (Å²) < 4.78 is 0. The Labute approximate surface area is 191 Å². The lowest BCUT2D eigenvalue weighted by Crippen LogP contribution is -2.52. The van der Waals surface area contributed by atoms with Crippen LogP contribution >= 0.6 is 35.6 Å². The van der Waals surface area contributed by atoms with Gasteiger partial charge in [0.2, 0.25) is 0 Å². The quantitative estimate of drug-likeness (QED) is 0.368. The second-order valence-corrected chi connectivity index (χ2v) is 8.41. The smallest absolute Gasteiger partial charge is 0.194 e. The van der Waals surface area contributed by atoms with E-state index in [9.17, 15) is 0 Å². The average Bonchev–Trinajstić information content (AvgIpc) is 3.44. The molecule has 3 fully saturated rings. The fraction of sp³-hybridized carbons (Fsp3) is 0.667. The summed E-state index contributed by atoms with van der Waals surface area (Å²) in [6, 6.07) is 9.03. The molecule has 2 aliphatic heterocycles. The van der Waals surface area contributed by atoms with Gasteiger partial charge in [-0.05, 0) is 50.8 Å². The summed E-state index contributed by atoms with van der Waals surface area (Å²) in [5.74, 6) is 1.81. The van der Waals surface area contributed by atoms with Gasteiger partial charge in [-0.15, -0.1) is 24.0 Å². The summed E-state index contributed by atoms with van der Waals surface area (Å²) >= 11 is 6.37. The van der Waals surface area contributed by atoms with Crippen LogP contribution in [0.4, 0.5) is 5.69 Å². The number of nitrogens with zero attached hydrogens (tertiary/aromatic N) is 4. The number of halogens is 2. The van der Waals surface area contributed by atoms with E-state index < -0.39 is 0 Å². The molecule has 7 heteroatoms. The summed E-state index contributed by atoms with van der Waals surface area (Å²) in [5.41, 5.74) is 1.15. The average molecular weight is 518 g/mol. The topological polar surface area (TPSA) is 34.1 Å². The number of piperazine rings is 1. The Morgan fingerprint density at radius 1 is 1.11 bits per heavy atom. The molecule has 1 aromatic carbocycles. The third-order valence-corrected chi connectivity index (χ3v) is 6.31. The van der Waals surface area contributed by atoms with Gasteiger partial charge in [0, 0.05) is 51.9 Å². The zero-order chi connectivity index (χ0) is 18.6. The molecule has 156 valence electrons. The van der Waals surface area contributed by atoms with Gasteiger partial charge in [0.25, 0.3) is 0 Å². The second kappa shape index (κ2) is 10.3. The van der Waals surface area contributed by atoms with E-state index in [4.69, 9.17) is 16.6 Å². The van der Waals surface area contributed by atoms with Gasteiger partial charge in [-0.25, -0.2) is 0 Å². The Bertz CT molecular complexity index is 658. The Kier molecular flexibility index (Phi) is 8.12. The molecular weight excluding hydrogens is 485 g/mol. The Balaban J connectivity index is 0.00000225. The van der Waals surface area contributed by atoms with Crippen LogP contribution in [0.1, 0.15) is 26.2 Å². The van der Waals surface area contributed by atoms with E-state index in [-0.39, 0.29) is 24.0 Å². The molecule has 1 N–H and O–H groups in total. The minimum absolute atomic E-state index is 0. The first-order valence-corrected chi connectivity index (χ1v) is 10.9. The standard InChI is InChI=1S/C21H32ClN5.HI/c1-2-23-21(24-15-17-9-10-27(16-17)18-7-8-18)26-13-11-25(12-14-26)20-6-4-3-5-19(20)22;/h3-6,17-18H,2,7-16H2,1H3,(H,23,24);1H. The first-order valence-electron chi connectivity index (χ1n) is 10.5. The summed E-state index contributed by atoms with van der Waals surface area (Å²) in [4.78, 5) is 12.5. The number of hydrogen-bond donors (Lipinski definition) is 1. The largest absolute Gasteiger partial charge is 0.367 e. The Hall–Kier alpha value is -0.730. The maximum absolute atomic E-state index is 6.37. The molecule has 5 nitrogen and oxygen atoms in total. The first-order chi connectivity index (χ1) is 13.2. The molecule has 0 radical (unpaired) electrons. The van der Waals surface area contributed by atoms with Crippen LogP contribution in [0.5, 0.6) is 0 Å². The van der Waals surface area contributed by atoms with Crippen molar-refractivity contribution >= 4 is 47.2 Å². The molecule has 0 aromatic heterocycles. The summed E-state index contributed by atoms with van der Waals surface area (Å²) in [7, 11) is 0. The number of likely N-dealkylation sites (tertiary alicyclic amines) is 1. The van der Waals surface area contributed by atoms with Crippen LogP contribution in [-0.4, -0.2) is 74.2 Å². The van der Waals surface area contributed by atoms with Crippen molar-refractivity contribution in [1.29, 1.82) is 0 Å². The van der Waals surface area contributed by atoms with E-state index in [0.717, 1.165) is 67.9 Å². The summed E-state index contributed by atoms with van der Waals surface area (Å²) in [6.07, 6.45) is 4.13. The Morgan fingerprint density at radius 2 is 1.86 bits per heavy atom. The van der Waals surface area contributed by atoms with E-state index in [1.807, 2.05) is 12.1 Å². The maximum Gasteiger partial charge on any atom is 0.194 e. The molecule has 1 aromatic rings. The van der Waals surface area contributed by atoms with Crippen LogP contribution in [0.3, 0.4) is 0 Å². The molecule has 28 heavy (non-hydrogen) atoms. The number of para-hydroxylation sites is 1. The van der Waals surface area contributed by atoms with Crippen molar-refractivity contribution in [2.24, 2.45) is 10.9 Å². The minimum Gasteiger partial charge on any atom is -0.367 e. The lowest BCUT2D eigenvalue weighted by Gasteiger charge is -2.38. The molecule has 1 atom stereocenters. The number of benzene rings is 1. The SMILES string of the molecule is CCNC(=NCC1CCN(C2CC2)C1)N1CCN(c2ccccc2Cl)CC1.I. The van der Waals surface area contributed by atoms with E-state index in [0.29, 0.717) is 0 Å². The lowest BCUT2D eigenvalue weighted by atomic mass is 10.1. The number of aliphatic imine (C=N–C) groups is 1. The predicted octanol–water partition coefficient (Wildman–Crippen LogP) is 3.53.